The van der Waals surface area contributed by atoms with Crippen molar-refractivity contribution in [2.45, 2.75) is 33.1 Å². The molecule has 0 unspecified atom stereocenters. The number of carbonyl (C=O) groups is 2. The van der Waals surface area contributed by atoms with Gasteiger partial charge in [0.1, 0.15) is 0 Å². The number of hydrogen-bond donors (Lipinski definition) is 2. The van der Waals surface area contributed by atoms with E-state index in [1.807, 2.05) is 0 Å². The van der Waals surface area contributed by atoms with Crippen LogP contribution in [0, 0.1) is 0 Å². The Morgan fingerprint density at radius 3 is 1.47 bits per heavy atom. The van der Waals surface area contributed by atoms with E-state index < -0.39 is 11.9 Å². The Labute approximate surface area is 88.9 Å². The molecule has 0 aliphatic heterocycles. The number of rotatable bonds is 6. The molecule has 0 fully saturated rings. The molecule has 4 heteroatoms. The molecule has 0 aliphatic carbocycles. The van der Waals surface area contributed by atoms with Crippen LogP contribution >= 0.6 is 0 Å². The van der Waals surface area contributed by atoms with Crippen molar-refractivity contribution in [3.8, 4) is 0 Å². The number of aliphatic carboxylic acids is 2. The van der Waals surface area contributed by atoms with E-state index in [-0.39, 0.29) is 0 Å². The van der Waals surface area contributed by atoms with Gasteiger partial charge in [0.05, 0.1) is 0 Å². The maximum absolute atomic E-state index is 10.6. The highest BCUT2D eigenvalue weighted by Crippen LogP contribution is 2.12. The lowest BCUT2D eigenvalue weighted by Crippen LogP contribution is -2.03. The number of hydrogen-bond acceptors (Lipinski definition) is 2. The summed E-state index contributed by atoms with van der Waals surface area (Å²) in [5.41, 5.74) is 0.659. The summed E-state index contributed by atoms with van der Waals surface area (Å²) >= 11 is 0. The van der Waals surface area contributed by atoms with Crippen LogP contribution in [0.3, 0.4) is 0 Å². The SMILES string of the molecule is CC=C(CCCC(=CC)C(=O)O)C(=O)O. The van der Waals surface area contributed by atoms with Crippen molar-refractivity contribution in [3.05, 3.63) is 23.3 Å². The highest BCUT2D eigenvalue weighted by Gasteiger charge is 2.08. The molecule has 0 rings (SSSR count). The molecule has 4 nitrogen and oxygen atoms in total. The lowest BCUT2D eigenvalue weighted by Gasteiger charge is -2.02. The number of allylic oxidation sites excluding steroid dienone is 2. The molecule has 0 amide bonds. The Morgan fingerprint density at radius 2 is 1.27 bits per heavy atom. The van der Waals surface area contributed by atoms with Crippen LogP contribution in [0.1, 0.15) is 33.1 Å². The summed E-state index contributed by atoms with van der Waals surface area (Å²) in [5.74, 6) is -1.87. The fourth-order valence-corrected chi connectivity index (χ4v) is 1.22. The maximum Gasteiger partial charge on any atom is 0.331 e. The topological polar surface area (TPSA) is 74.6 Å². The summed E-state index contributed by atoms with van der Waals surface area (Å²) in [5, 5.41) is 17.4. The average Bonchev–Trinajstić information content (AvgIpc) is 2.17. The lowest BCUT2D eigenvalue weighted by molar-refractivity contribution is -0.133. The number of carboxylic acid groups (broad SMARTS) is 2. The Morgan fingerprint density at radius 1 is 0.933 bits per heavy atom. The Bertz CT molecular complexity index is 270. The molecule has 15 heavy (non-hydrogen) atoms. The third kappa shape index (κ3) is 5.00. The van der Waals surface area contributed by atoms with Gasteiger partial charge in [-0.15, -0.1) is 0 Å². The van der Waals surface area contributed by atoms with Crippen molar-refractivity contribution in [2.75, 3.05) is 0 Å². The minimum Gasteiger partial charge on any atom is -0.478 e. The fourth-order valence-electron chi connectivity index (χ4n) is 1.22. The van der Waals surface area contributed by atoms with Crippen molar-refractivity contribution < 1.29 is 19.8 Å². The van der Waals surface area contributed by atoms with E-state index in [4.69, 9.17) is 10.2 Å². The van der Waals surface area contributed by atoms with Crippen LogP contribution in [0.2, 0.25) is 0 Å². The Hall–Kier alpha value is -1.58. The van der Waals surface area contributed by atoms with Gasteiger partial charge in [-0.2, -0.15) is 0 Å². The average molecular weight is 212 g/mol. The molecule has 0 bridgehead atoms. The molecule has 0 aromatic rings. The highest BCUT2D eigenvalue weighted by molar-refractivity contribution is 5.87. The summed E-state index contributed by atoms with van der Waals surface area (Å²) in [7, 11) is 0. The van der Waals surface area contributed by atoms with Gasteiger partial charge in [-0.05, 0) is 33.1 Å². The van der Waals surface area contributed by atoms with Crippen molar-refractivity contribution in [1.29, 1.82) is 0 Å². The van der Waals surface area contributed by atoms with Crippen molar-refractivity contribution in [2.24, 2.45) is 0 Å². The van der Waals surface area contributed by atoms with E-state index >= 15 is 0 Å². The van der Waals surface area contributed by atoms with Gasteiger partial charge in [0, 0.05) is 11.1 Å². The first-order valence-corrected chi connectivity index (χ1v) is 4.79. The Balaban J connectivity index is 4.09. The molecular weight excluding hydrogens is 196 g/mol. The standard InChI is InChI=1S/C11H16O4/c1-3-8(10(12)13)6-5-7-9(4-2)11(14)15/h3-4H,5-7H2,1-2H3,(H,12,13)(H,14,15). The van der Waals surface area contributed by atoms with Crippen LogP contribution in [0.4, 0.5) is 0 Å². The van der Waals surface area contributed by atoms with E-state index in [0.29, 0.717) is 30.4 Å². The molecule has 0 atom stereocenters. The van der Waals surface area contributed by atoms with Crippen LogP contribution < -0.4 is 0 Å². The third-order valence-electron chi connectivity index (χ3n) is 2.14. The van der Waals surface area contributed by atoms with Crippen molar-refractivity contribution >= 4 is 11.9 Å². The molecule has 0 heterocycles. The molecule has 0 radical (unpaired) electrons. The molecule has 84 valence electrons. The summed E-state index contributed by atoms with van der Waals surface area (Å²) < 4.78 is 0. The fraction of sp³-hybridized carbons (Fsp3) is 0.455. The van der Waals surface area contributed by atoms with E-state index in [1.165, 1.54) is 0 Å². The zero-order valence-electron chi connectivity index (χ0n) is 8.99. The summed E-state index contributed by atoms with van der Waals surface area (Å²) in [6.07, 6.45) is 4.42. The summed E-state index contributed by atoms with van der Waals surface area (Å²) in [6, 6.07) is 0. The molecule has 0 spiro atoms. The summed E-state index contributed by atoms with van der Waals surface area (Å²) in [4.78, 5) is 21.2. The first kappa shape index (κ1) is 13.4. The monoisotopic (exact) mass is 212 g/mol. The normalized spacial score (nSPS) is 12.7. The van der Waals surface area contributed by atoms with E-state index in [1.54, 1.807) is 26.0 Å². The van der Waals surface area contributed by atoms with Gasteiger partial charge in [-0.1, -0.05) is 12.2 Å². The van der Waals surface area contributed by atoms with E-state index in [9.17, 15) is 9.59 Å². The molecule has 0 aromatic heterocycles. The first-order valence-electron chi connectivity index (χ1n) is 4.79. The smallest absolute Gasteiger partial charge is 0.331 e. The van der Waals surface area contributed by atoms with Crippen LogP contribution in [0.15, 0.2) is 23.3 Å². The van der Waals surface area contributed by atoms with Gasteiger partial charge in [0.15, 0.2) is 0 Å². The minimum atomic E-state index is -0.935. The molecule has 0 saturated heterocycles. The number of carboxylic acids is 2. The van der Waals surface area contributed by atoms with Gasteiger partial charge in [-0.3, -0.25) is 0 Å². The van der Waals surface area contributed by atoms with Crippen LogP contribution in [0.25, 0.3) is 0 Å². The van der Waals surface area contributed by atoms with Crippen LogP contribution in [0.5, 0.6) is 0 Å². The van der Waals surface area contributed by atoms with Gasteiger partial charge < -0.3 is 10.2 Å². The second-order valence-corrected chi connectivity index (χ2v) is 3.09. The molecular formula is C11H16O4. The molecule has 0 aliphatic rings. The predicted octanol–water partition coefficient (Wildman–Crippen LogP) is 2.22. The predicted molar refractivity (Wildman–Crippen MR) is 56.6 cm³/mol. The van der Waals surface area contributed by atoms with E-state index in [2.05, 4.69) is 0 Å². The first-order chi connectivity index (χ1) is 7.02. The highest BCUT2D eigenvalue weighted by atomic mass is 16.4. The maximum atomic E-state index is 10.6. The van der Waals surface area contributed by atoms with Crippen molar-refractivity contribution in [3.63, 3.8) is 0 Å². The quantitative estimate of drug-likeness (QED) is 0.662. The second kappa shape index (κ2) is 6.81. The van der Waals surface area contributed by atoms with Crippen molar-refractivity contribution in [1.82, 2.24) is 0 Å². The second-order valence-electron chi connectivity index (χ2n) is 3.09. The van der Waals surface area contributed by atoms with Gasteiger partial charge in [0.25, 0.3) is 0 Å². The third-order valence-corrected chi connectivity index (χ3v) is 2.14. The van der Waals surface area contributed by atoms with Crippen LogP contribution in [-0.4, -0.2) is 22.2 Å². The minimum absolute atomic E-state index is 0.329. The van der Waals surface area contributed by atoms with Gasteiger partial charge >= 0.3 is 11.9 Å². The Kier molecular flexibility index (Phi) is 6.09. The zero-order chi connectivity index (χ0) is 11.8. The zero-order valence-corrected chi connectivity index (χ0v) is 8.99. The largest absolute Gasteiger partial charge is 0.478 e. The van der Waals surface area contributed by atoms with Gasteiger partial charge in [-0.25, -0.2) is 9.59 Å². The van der Waals surface area contributed by atoms with E-state index in [0.717, 1.165) is 0 Å². The molecule has 0 aromatic carbocycles. The lowest BCUT2D eigenvalue weighted by atomic mass is 10.0. The van der Waals surface area contributed by atoms with Crippen LogP contribution in [-0.2, 0) is 9.59 Å². The summed E-state index contributed by atoms with van der Waals surface area (Å²) in [6.45, 7) is 3.33. The molecule has 2 N–H and O–H groups in total. The van der Waals surface area contributed by atoms with Gasteiger partial charge in [0.2, 0.25) is 0 Å². The molecule has 0 saturated carbocycles.